The van der Waals surface area contributed by atoms with Gasteiger partial charge in [-0.15, -0.1) is 0 Å². The van der Waals surface area contributed by atoms with Crippen LogP contribution >= 0.6 is 11.3 Å². The zero-order valence-corrected chi connectivity index (χ0v) is 18.3. The predicted octanol–water partition coefficient (Wildman–Crippen LogP) is 4.16. The molecule has 2 aromatic heterocycles. The van der Waals surface area contributed by atoms with Crippen molar-refractivity contribution in [2.45, 2.75) is 33.2 Å². The molecule has 0 spiro atoms. The Hall–Kier alpha value is -3.39. The summed E-state index contributed by atoms with van der Waals surface area (Å²) in [4.78, 5) is 49.8. The molecule has 1 unspecified atom stereocenters. The number of carbonyl (C=O) groups excluding carboxylic acids is 3. The number of nitrogens with zero attached hydrogens (tertiary/aromatic N) is 3. The number of aryl methyl sites for hydroxylation is 1. The Balaban J connectivity index is 1.61. The van der Waals surface area contributed by atoms with Gasteiger partial charge >= 0.3 is 0 Å². The van der Waals surface area contributed by atoms with Crippen LogP contribution in [0.15, 0.2) is 48.7 Å². The van der Waals surface area contributed by atoms with Gasteiger partial charge in [-0.3, -0.25) is 24.3 Å². The standard InChI is InChI=1S/C23H22N4O3S/c1-13(2)12-18(27-21(29)15-8-4-5-9-16(15)22(27)30)20(28)26-23-25-14(3)19(31-23)17-10-6-7-11-24-17/h4-11,13,18H,12H2,1-3H3,(H,25,26,28). The minimum atomic E-state index is -0.921. The average molecular weight is 435 g/mol. The van der Waals surface area contributed by atoms with Crippen molar-refractivity contribution < 1.29 is 14.4 Å². The number of nitrogens with one attached hydrogen (secondary N) is 1. The van der Waals surface area contributed by atoms with Crippen molar-refractivity contribution in [3.8, 4) is 10.6 Å². The van der Waals surface area contributed by atoms with Gasteiger partial charge in [0.05, 0.1) is 27.4 Å². The van der Waals surface area contributed by atoms with Crippen LogP contribution in [0, 0.1) is 12.8 Å². The third kappa shape index (κ3) is 3.98. The fourth-order valence-corrected chi connectivity index (χ4v) is 4.59. The smallest absolute Gasteiger partial charge is 0.262 e. The number of hydrogen-bond acceptors (Lipinski definition) is 6. The lowest BCUT2D eigenvalue weighted by Crippen LogP contribution is -2.47. The molecule has 1 aliphatic heterocycles. The second-order valence-electron chi connectivity index (χ2n) is 7.81. The highest BCUT2D eigenvalue weighted by atomic mass is 32.1. The molecule has 0 aliphatic carbocycles. The lowest BCUT2D eigenvalue weighted by Gasteiger charge is -2.26. The first-order valence-corrected chi connectivity index (χ1v) is 10.8. The van der Waals surface area contributed by atoms with Crippen LogP contribution in [0.1, 0.15) is 46.7 Å². The molecular formula is C23H22N4O3S. The van der Waals surface area contributed by atoms with E-state index in [0.29, 0.717) is 22.7 Å². The number of carbonyl (C=O) groups is 3. The Morgan fingerprint density at radius 3 is 2.29 bits per heavy atom. The van der Waals surface area contributed by atoms with E-state index in [9.17, 15) is 14.4 Å². The highest BCUT2D eigenvalue weighted by Gasteiger charge is 2.43. The number of benzene rings is 1. The Kier molecular flexibility index (Phi) is 5.65. The van der Waals surface area contributed by atoms with E-state index in [1.807, 2.05) is 39.0 Å². The van der Waals surface area contributed by atoms with E-state index in [0.717, 1.165) is 21.2 Å². The lowest BCUT2D eigenvalue weighted by molar-refractivity contribution is -0.120. The molecule has 0 saturated heterocycles. The molecule has 1 N–H and O–H groups in total. The molecule has 158 valence electrons. The van der Waals surface area contributed by atoms with E-state index in [1.54, 1.807) is 30.5 Å². The van der Waals surface area contributed by atoms with E-state index in [-0.39, 0.29) is 5.92 Å². The van der Waals surface area contributed by atoms with E-state index >= 15 is 0 Å². The maximum atomic E-state index is 13.2. The van der Waals surface area contributed by atoms with Crippen LogP contribution in [0.2, 0.25) is 0 Å². The molecule has 31 heavy (non-hydrogen) atoms. The molecule has 7 nitrogen and oxygen atoms in total. The number of pyridine rings is 1. The van der Waals surface area contributed by atoms with Crippen molar-refractivity contribution in [1.29, 1.82) is 0 Å². The number of hydrogen-bond donors (Lipinski definition) is 1. The number of amides is 3. The van der Waals surface area contributed by atoms with Gasteiger partial charge in [-0.25, -0.2) is 4.98 Å². The van der Waals surface area contributed by atoms with Gasteiger partial charge in [0, 0.05) is 6.20 Å². The number of fused-ring (bicyclic) bond motifs is 1. The van der Waals surface area contributed by atoms with E-state index < -0.39 is 23.8 Å². The van der Waals surface area contributed by atoms with Gasteiger partial charge in [-0.05, 0) is 43.5 Å². The first-order chi connectivity index (χ1) is 14.9. The summed E-state index contributed by atoms with van der Waals surface area (Å²) in [5.41, 5.74) is 2.19. The highest BCUT2D eigenvalue weighted by Crippen LogP contribution is 2.32. The van der Waals surface area contributed by atoms with Gasteiger partial charge in [-0.1, -0.05) is 43.4 Å². The minimum absolute atomic E-state index is 0.0992. The van der Waals surface area contributed by atoms with Gasteiger partial charge in [0.25, 0.3) is 11.8 Å². The van der Waals surface area contributed by atoms with Gasteiger partial charge in [0.2, 0.25) is 5.91 Å². The normalized spacial score (nSPS) is 14.1. The van der Waals surface area contributed by atoms with Crippen LogP contribution in [0.5, 0.6) is 0 Å². The molecule has 3 heterocycles. The summed E-state index contributed by atoms with van der Waals surface area (Å²) in [6, 6.07) is 11.3. The van der Waals surface area contributed by atoms with Gasteiger partial charge in [-0.2, -0.15) is 0 Å². The molecule has 0 fully saturated rings. The summed E-state index contributed by atoms with van der Waals surface area (Å²) in [5, 5.41) is 3.23. The van der Waals surface area contributed by atoms with Crippen LogP contribution in [0.3, 0.4) is 0 Å². The van der Waals surface area contributed by atoms with E-state index in [1.165, 1.54) is 11.3 Å². The number of thiazole rings is 1. The van der Waals surface area contributed by atoms with Crippen molar-refractivity contribution in [2.24, 2.45) is 5.92 Å². The summed E-state index contributed by atoms with van der Waals surface area (Å²) in [5.74, 6) is -1.21. The monoisotopic (exact) mass is 434 g/mol. The van der Waals surface area contributed by atoms with Crippen LogP contribution in [0.4, 0.5) is 5.13 Å². The molecular weight excluding hydrogens is 412 g/mol. The Morgan fingerprint density at radius 1 is 1.06 bits per heavy atom. The lowest BCUT2D eigenvalue weighted by atomic mass is 10.0. The summed E-state index contributed by atoms with van der Waals surface area (Å²) < 4.78 is 0. The van der Waals surface area contributed by atoms with Crippen LogP contribution in [0.25, 0.3) is 10.6 Å². The molecule has 3 aromatic rings. The first kappa shape index (κ1) is 20.9. The van der Waals surface area contributed by atoms with Crippen molar-refractivity contribution in [3.63, 3.8) is 0 Å². The summed E-state index contributed by atoms with van der Waals surface area (Å²) in [7, 11) is 0. The Morgan fingerprint density at radius 2 is 1.71 bits per heavy atom. The topological polar surface area (TPSA) is 92.3 Å². The molecule has 0 saturated carbocycles. The van der Waals surface area contributed by atoms with Crippen LogP contribution < -0.4 is 5.32 Å². The molecule has 1 atom stereocenters. The number of aromatic nitrogens is 2. The SMILES string of the molecule is Cc1nc(NC(=O)C(CC(C)C)N2C(=O)c3ccccc3C2=O)sc1-c1ccccn1. The molecule has 0 bridgehead atoms. The van der Waals surface area contributed by atoms with Crippen molar-refractivity contribution in [1.82, 2.24) is 14.9 Å². The van der Waals surface area contributed by atoms with Crippen LogP contribution in [-0.4, -0.2) is 38.6 Å². The van der Waals surface area contributed by atoms with Crippen molar-refractivity contribution in [3.05, 3.63) is 65.5 Å². The van der Waals surface area contributed by atoms with E-state index in [4.69, 9.17) is 0 Å². The molecule has 3 amide bonds. The third-order valence-corrected chi connectivity index (χ3v) is 6.15. The molecule has 4 rings (SSSR count). The zero-order valence-electron chi connectivity index (χ0n) is 17.5. The molecule has 1 aromatic carbocycles. The second kappa shape index (κ2) is 8.39. The van der Waals surface area contributed by atoms with Gasteiger partial charge < -0.3 is 5.32 Å². The largest absolute Gasteiger partial charge is 0.300 e. The average Bonchev–Trinajstić information content (AvgIpc) is 3.24. The Bertz CT molecular complexity index is 1120. The number of imide groups is 1. The fourth-order valence-electron chi connectivity index (χ4n) is 3.64. The van der Waals surface area contributed by atoms with Gasteiger partial charge in [0.15, 0.2) is 5.13 Å². The van der Waals surface area contributed by atoms with Crippen molar-refractivity contribution in [2.75, 3.05) is 5.32 Å². The van der Waals surface area contributed by atoms with Crippen molar-refractivity contribution >= 4 is 34.2 Å². The maximum Gasteiger partial charge on any atom is 0.262 e. The van der Waals surface area contributed by atoms with Crippen LogP contribution in [-0.2, 0) is 4.79 Å². The molecule has 8 heteroatoms. The predicted molar refractivity (Wildman–Crippen MR) is 119 cm³/mol. The summed E-state index contributed by atoms with van der Waals surface area (Å²) in [6.07, 6.45) is 2.06. The second-order valence-corrected chi connectivity index (χ2v) is 8.81. The number of anilines is 1. The zero-order chi connectivity index (χ0) is 22.1. The third-order valence-electron chi connectivity index (χ3n) is 5.06. The molecule has 1 aliphatic rings. The summed E-state index contributed by atoms with van der Waals surface area (Å²) >= 11 is 1.31. The summed E-state index contributed by atoms with van der Waals surface area (Å²) in [6.45, 7) is 5.75. The maximum absolute atomic E-state index is 13.2. The number of rotatable bonds is 6. The minimum Gasteiger partial charge on any atom is -0.300 e. The van der Waals surface area contributed by atoms with Gasteiger partial charge in [0.1, 0.15) is 6.04 Å². The fraction of sp³-hybridized carbons (Fsp3) is 0.261. The van der Waals surface area contributed by atoms with E-state index in [2.05, 4.69) is 15.3 Å². The first-order valence-electron chi connectivity index (χ1n) is 10.0. The molecule has 0 radical (unpaired) electrons. The highest BCUT2D eigenvalue weighted by molar-refractivity contribution is 7.19. The Labute approximate surface area is 184 Å². The quantitative estimate of drug-likeness (QED) is 0.588.